The summed E-state index contributed by atoms with van der Waals surface area (Å²) in [6, 6.07) is 6.75. The van der Waals surface area contributed by atoms with Gasteiger partial charge in [-0.2, -0.15) is 0 Å². The average Bonchev–Trinajstić information content (AvgIpc) is 2.28. The van der Waals surface area contributed by atoms with Gasteiger partial charge in [-0.25, -0.2) is 5.06 Å². The van der Waals surface area contributed by atoms with E-state index in [1.807, 2.05) is 0 Å². The number of hydrogen-bond acceptors (Lipinski definition) is 4. The highest BCUT2D eigenvalue weighted by molar-refractivity contribution is 5.75. The molecule has 88 valence electrons. The summed E-state index contributed by atoms with van der Waals surface area (Å²) >= 11 is 0. The van der Waals surface area contributed by atoms with Gasteiger partial charge in [-0.15, -0.1) is 0 Å². The number of hydrogen-bond donors (Lipinski definition) is 2. The third kappa shape index (κ3) is 3.22. The number of ether oxygens (including phenoxy) is 1. The molecule has 5 heteroatoms. The van der Waals surface area contributed by atoms with Gasteiger partial charge < -0.3 is 9.84 Å². The highest BCUT2D eigenvalue weighted by Gasteiger charge is 2.15. The van der Waals surface area contributed by atoms with E-state index in [0.717, 1.165) is 0 Å². The van der Waals surface area contributed by atoms with Gasteiger partial charge in [0.25, 0.3) is 0 Å². The number of benzene rings is 1. The molecule has 0 heterocycles. The Morgan fingerprint density at radius 3 is 2.44 bits per heavy atom. The van der Waals surface area contributed by atoms with Crippen LogP contribution in [0.5, 0.6) is 5.75 Å². The first-order valence-electron chi connectivity index (χ1n) is 4.82. The second kappa shape index (κ2) is 5.48. The molecule has 1 unspecified atom stereocenters. The molecule has 0 spiro atoms. The number of aliphatic hydroxyl groups excluding tert-OH is 1. The van der Waals surface area contributed by atoms with Crippen LogP contribution in [-0.4, -0.2) is 35.4 Å². The minimum atomic E-state index is -0.923. The van der Waals surface area contributed by atoms with Crippen LogP contribution in [0, 0.1) is 0 Å². The van der Waals surface area contributed by atoms with Gasteiger partial charge in [0.15, 0.2) is 0 Å². The van der Waals surface area contributed by atoms with Gasteiger partial charge in [0.1, 0.15) is 5.75 Å². The van der Waals surface area contributed by atoms with Crippen LogP contribution in [0.3, 0.4) is 0 Å². The van der Waals surface area contributed by atoms with Crippen molar-refractivity contribution in [2.75, 3.05) is 14.2 Å². The third-order valence-electron chi connectivity index (χ3n) is 2.23. The topological polar surface area (TPSA) is 70.0 Å². The number of aliphatic hydroxyl groups is 1. The smallest absolute Gasteiger partial charge is 0.248 e. The summed E-state index contributed by atoms with van der Waals surface area (Å²) in [7, 11) is 2.78. The number of hydroxylamine groups is 2. The zero-order valence-electron chi connectivity index (χ0n) is 9.25. The van der Waals surface area contributed by atoms with Crippen LogP contribution in [0.2, 0.25) is 0 Å². The lowest BCUT2D eigenvalue weighted by atomic mass is 10.1. The summed E-state index contributed by atoms with van der Waals surface area (Å²) in [5.41, 5.74) is 0.607. The van der Waals surface area contributed by atoms with Crippen LogP contribution in [0.1, 0.15) is 18.1 Å². The number of methoxy groups -OCH3 is 1. The molecule has 1 rings (SSSR count). The first-order valence-corrected chi connectivity index (χ1v) is 4.82. The summed E-state index contributed by atoms with van der Waals surface area (Å²) in [5.74, 6) is 0.143. The first-order chi connectivity index (χ1) is 7.54. The van der Waals surface area contributed by atoms with Crippen LogP contribution in [-0.2, 0) is 4.79 Å². The zero-order valence-corrected chi connectivity index (χ0v) is 9.25. The zero-order chi connectivity index (χ0) is 12.1. The van der Waals surface area contributed by atoms with Crippen LogP contribution in [0.15, 0.2) is 24.3 Å². The molecule has 2 N–H and O–H groups in total. The molecule has 1 aromatic carbocycles. The Morgan fingerprint density at radius 1 is 1.44 bits per heavy atom. The molecule has 0 aliphatic rings. The van der Waals surface area contributed by atoms with Gasteiger partial charge in [-0.1, -0.05) is 12.1 Å². The van der Waals surface area contributed by atoms with E-state index in [1.165, 1.54) is 7.05 Å². The van der Waals surface area contributed by atoms with E-state index in [-0.39, 0.29) is 6.42 Å². The molecule has 5 nitrogen and oxygen atoms in total. The number of nitrogens with zero attached hydrogens (tertiary/aromatic N) is 1. The first kappa shape index (κ1) is 12.5. The standard InChI is InChI=1S/C11H15NO4/c1-12(15)11(14)7-10(13)8-3-5-9(16-2)6-4-8/h3-6,10,13,15H,7H2,1-2H3. The van der Waals surface area contributed by atoms with Crippen LogP contribution in [0.25, 0.3) is 0 Å². The third-order valence-corrected chi connectivity index (χ3v) is 2.23. The molecule has 1 amide bonds. The molecule has 16 heavy (non-hydrogen) atoms. The van der Waals surface area contributed by atoms with Crippen molar-refractivity contribution in [3.05, 3.63) is 29.8 Å². The Labute approximate surface area is 93.8 Å². The highest BCUT2D eigenvalue weighted by atomic mass is 16.5. The van der Waals surface area contributed by atoms with E-state index in [4.69, 9.17) is 9.94 Å². The maximum Gasteiger partial charge on any atom is 0.248 e. The molecular formula is C11H15NO4. The maximum atomic E-state index is 11.1. The second-order valence-corrected chi connectivity index (χ2v) is 3.41. The average molecular weight is 225 g/mol. The van der Waals surface area contributed by atoms with E-state index >= 15 is 0 Å². The number of amides is 1. The lowest BCUT2D eigenvalue weighted by Crippen LogP contribution is -2.24. The Balaban J connectivity index is 2.65. The van der Waals surface area contributed by atoms with Gasteiger partial charge in [0.2, 0.25) is 5.91 Å². The molecular weight excluding hydrogens is 210 g/mol. The van der Waals surface area contributed by atoms with Gasteiger partial charge >= 0.3 is 0 Å². The van der Waals surface area contributed by atoms with E-state index in [1.54, 1.807) is 31.4 Å². The minimum absolute atomic E-state index is 0.153. The van der Waals surface area contributed by atoms with E-state index in [2.05, 4.69) is 0 Å². The molecule has 0 fully saturated rings. The SMILES string of the molecule is COc1ccc(C(O)CC(=O)N(C)O)cc1. The van der Waals surface area contributed by atoms with Crippen molar-refractivity contribution >= 4 is 5.91 Å². The molecule has 0 saturated carbocycles. The summed E-state index contributed by atoms with van der Waals surface area (Å²) in [6.45, 7) is 0. The lowest BCUT2D eigenvalue weighted by Gasteiger charge is -2.13. The summed E-state index contributed by atoms with van der Waals surface area (Å²) in [6.07, 6.45) is -1.08. The normalized spacial score (nSPS) is 12.0. The fourth-order valence-electron chi connectivity index (χ4n) is 1.24. The van der Waals surface area contributed by atoms with Crippen molar-refractivity contribution in [3.63, 3.8) is 0 Å². The van der Waals surface area contributed by atoms with Crippen molar-refractivity contribution in [2.45, 2.75) is 12.5 Å². The van der Waals surface area contributed by atoms with Gasteiger partial charge in [0.05, 0.1) is 19.6 Å². The largest absolute Gasteiger partial charge is 0.497 e. The fraction of sp³-hybridized carbons (Fsp3) is 0.364. The Bertz CT molecular complexity index is 348. The number of carbonyl (C=O) groups is 1. The van der Waals surface area contributed by atoms with E-state index in [0.29, 0.717) is 16.4 Å². The van der Waals surface area contributed by atoms with Crippen molar-refractivity contribution in [2.24, 2.45) is 0 Å². The molecule has 1 atom stereocenters. The van der Waals surface area contributed by atoms with Crippen LogP contribution < -0.4 is 4.74 Å². The molecule has 0 saturated heterocycles. The van der Waals surface area contributed by atoms with Crippen LogP contribution in [0.4, 0.5) is 0 Å². The molecule has 0 aromatic heterocycles. The molecule has 0 radical (unpaired) electrons. The Hall–Kier alpha value is -1.59. The molecule has 0 aliphatic carbocycles. The highest BCUT2D eigenvalue weighted by Crippen LogP contribution is 2.20. The summed E-state index contributed by atoms with van der Waals surface area (Å²) < 4.78 is 4.97. The monoisotopic (exact) mass is 225 g/mol. The lowest BCUT2D eigenvalue weighted by molar-refractivity contribution is -0.161. The van der Waals surface area contributed by atoms with Crippen molar-refractivity contribution in [1.82, 2.24) is 5.06 Å². The van der Waals surface area contributed by atoms with Crippen molar-refractivity contribution < 1.29 is 19.8 Å². The van der Waals surface area contributed by atoms with Gasteiger partial charge in [-0.3, -0.25) is 10.0 Å². The molecule has 0 aliphatic heterocycles. The van der Waals surface area contributed by atoms with Crippen molar-refractivity contribution in [3.8, 4) is 5.75 Å². The Morgan fingerprint density at radius 2 is 2.00 bits per heavy atom. The number of rotatable bonds is 4. The fourth-order valence-corrected chi connectivity index (χ4v) is 1.24. The Kier molecular flexibility index (Phi) is 4.28. The molecule has 1 aromatic rings. The minimum Gasteiger partial charge on any atom is -0.497 e. The van der Waals surface area contributed by atoms with Crippen molar-refractivity contribution in [1.29, 1.82) is 0 Å². The summed E-state index contributed by atoms with van der Waals surface area (Å²) in [5, 5.41) is 19.0. The predicted octanol–water partition coefficient (Wildman–Crippen LogP) is 0.966. The predicted molar refractivity (Wildman–Crippen MR) is 57.1 cm³/mol. The van der Waals surface area contributed by atoms with Gasteiger partial charge in [0, 0.05) is 7.05 Å². The quantitative estimate of drug-likeness (QED) is 0.591. The maximum absolute atomic E-state index is 11.1. The number of carbonyl (C=O) groups excluding carboxylic acids is 1. The van der Waals surface area contributed by atoms with Crippen LogP contribution >= 0.6 is 0 Å². The summed E-state index contributed by atoms with van der Waals surface area (Å²) in [4.78, 5) is 11.1. The van der Waals surface area contributed by atoms with E-state index < -0.39 is 12.0 Å². The molecule has 0 bridgehead atoms. The second-order valence-electron chi connectivity index (χ2n) is 3.41. The van der Waals surface area contributed by atoms with E-state index in [9.17, 15) is 9.90 Å². The van der Waals surface area contributed by atoms with Gasteiger partial charge in [-0.05, 0) is 17.7 Å².